The summed E-state index contributed by atoms with van der Waals surface area (Å²) in [7, 11) is 0. The maximum atomic E-state index is 8.35. The van der Waals surface area contributed by atoms with Gasteiger partial charge in [-0.05, 0) is 19.1 Å². The van der Waals surface area contributed by atoms with E-state index in [2.05, 4.69) is 60.0 Å². The maximum Gasteiger partial charge on any atom is 0.231 e. The predicted molar refractivity (Wildman–Crippen MR) is 81.9 cm³/mol. The van der Waals surface area contributed by atoms with E-state index in [0.29, 0.717) is 0 Å². The Morgan fingerprint density at radius 1 is 0.857 bits per heavy atom. The van der Waals surface area contributed by atoms with Crippen LogP contribution in [0.1, 0.15) is 6.92 Å². The maximum absolute atomic E-state index is 8.35. The number of fused-ring (bicyclic) bond motifs is 3. The third-order valence-corrected chi connectivity index (χ3v) is 3.00. The summed E-state index contributed by atoms with van der Waals surface area (Å²) in [6.07, 6.45) is 1.50. The summed E-state index contributed by atoms with van der Waals surface area (Å²) >= 11 is 0. The lowest BCUT2D eigenvalue weighted by Crippen LogP contribution is -1.91. The molecule has 0 unspecified atom stereocenters. The molecule has 0 fully saturated rings. The minimum atomic E-state index is 0.750. The molecule has 21 heavy (non-hydrogen) atoms. The number of isocyanates is 2. The number of carbonyl (C=O) groups excluding carboxylic acids is 2. The number of para-hydroxylation sites is 2. The van der Waals surface area contributed by atoms with Crippen LogP contribution in [0.2, 0.25) is 0 Å². The average molecular weight is 281 g/mol. The molecule has 3 aromatic rings. The predicted octanol–water partition coefficient (Wildman–Crippen LogP) is 3.62. The largest absolute Gasteiger partial charge is 0.341 e. The van der Waals surface area contributed by atoms with Gasteiger partial charge in [-0.3, -0.25) is 0 Å². The summed E-state index contributed by atoms with van der Waals surface area (Å²) < 4.78 is 2.37. The van der Waals surface area contributed by atoms with Crippen LogP contribution < -0.4 is 0 Å². The molecule has 5 nitrogen and oxygen atoms in total. The van der Waals surface area contributed by atoms with Gasteiger partial charge in [0.15, 0.2) is 0 Å². The van der Waals surface area contributed by atoms with Crippen molar-refractivity contribution in [2.75, 3.05) is 0 Å². The molecule has 5 heteroatoms. The highest BCUT2D eigenvalue weighted by Crippen LogP contribution is 2.28. The van der Waals surface area contributed by atoms with Gasteiger partial charge in [0.1, 0.15) is 0 Å². The highest BCUT2D eigenvalue weighted by molar-refractivity contribution is 6.07. The van der Waals surface area contributed by atoms with Crippen molar-refractivity contribution in [3.05, 3.63) is 48.5 Å². The molecule has 3 rings (SSSR count). The topological polar surface area (TPSA) is 86.8 Å². The second kappa shape index (κ2) is 8.23. The van der Waals surface area contributed by atoms with Crippen LogP contribution in [0, 0.1) is 10.8 Å². The van der Waals surface area contributed by atoms with E-state index in [1.807, 2.05) is 0 Å². The van der Waals surface area contributed by atoms with E-state index in [4.69, 9.17) is 20.4 Å². The first-order chi connectivity index (χ1) is 10.2. The average Bonchev–Trinajstić information content (AvgIpc) is 2.83. The summed E-state index contributed by atoms with van der Waals surface area (Å²) in [5.41, 5.74) is 2.67. The van der Waals surface area contributed by atoms with Crippen molar-refractivity contribution in [2.24, 2.45) is 0 Å². The van der Waals surface area contributed by atoms with Gasteiger partial charge in [0.2, 0.25) is 12.2 Å². The molecule has 0 spiro atoms. The number of rotatable bonds is 1. The van der Waals surface area contributed by atoms with Crippen LogP contribution in [-0.4, -0.2) is 16.7 Å². The highest BCUT2D eigenvalue weighted by Gasteiger charge is 2.06. The van der Waals surface area contributed by atoms with Crippen LogP contribution in [0.3, 0.4) is 0 Å². The van der Waals surface area contributed by atoms with Gasteiger partial charge in [-0.1, -0.05) is 36.4 Å². The van der Waals surface area contributed by atoms with E-state index < -0.39 is 0 Å². The van der Waals surface area contributed by atoms with Gasteiger partial charge in [-0.25, -0.2) is 20.4 Å². The van der Waals surface area contributed by atoms with Crippen LogP contribution in [0.25, 0.3) is 21.8 Å². The number of nitrogens with zero attached hydrogens (tertiary/aromatic N) is 1. The van der Waals surface area contributed by atoms with E-state index >= 15 is 0 Å². The first-order valence-electron chi connectivity index (χ1n) is 6.28. The minimum absolute atomic E-state index is 0.750. The molecule has 2 N–H and O–H groups in total. The Labute approximate surface area is 121 Å². The van der Waals surface area contributed by atoms with E-state index in [9.17, 15) is 0 Å². The van der Waals surface area contributed by atoms with E-state index in [1.54, 1.807) is 0 Å². The smallest absolute Gasteiger partial charge is 0.231 e. The van der Waals surface area contributed by atoms with Crippen molar-refractivity contribution in [3.8, 4) is 0 Å². The summed E-state index contributed by atoms with van der Waals surface area (Å²) in [5.74, 6) is 0. The second-order valence-corrected chi connectivity index (χ2v) is 3.98. The van der Waals surface area contributed by atoms with Crippen LogP contribution in [0.5, 0.6) is 0 Å². The lowest BCUT2D eigenvalue weighted by atomic mass is 10.2. The summed E-state index contributed by atoms with van der Waals surface area (Å²) in [6.45, 7) is 3.22. The third-order valence-electron chi connectivity index (χ3n) is 3.00. The standard InChI is InChI=1S/C14H13N.2CHNO/c1-2-15-13-9-5-3-7-11(13)12-8-4-6-10-14(12)15;2*2-1-3/h3-10H,2H2,1H3;2*2H. The fourth-order valence-corrected chi connectivity index (χ4v) is 2.34. The zero-order chi connectivity index (χ0) is 15.7. The molecule has 0 aliphatic rings. The van der Waals surface area contributed by atoms with Gasteiger partial charge in [0.05, 0.1) is 0 Å². The van der Waals surface area contributed by atoms with Crippen molar-refractivity contribution in [1.29, 1.82) is 10.8 Å². The second-order valence-electron chi connectivity index (χ2n) is 3.98. The Kier molecular flexibility index (Phi) is 6.29. The molecule has 0 bridgehead atoms. The minimum Gasteiger partial charge on any atom is -0.341 e. The fourth-order valence-electron chi connectivity index (χ4n) is 2.34. The summed E-state index contributed by atoms with van der Waals surface area (Å²) in [6, 6.07) is 17.2. The van der Waals surface area contributed by atoms with Crippen molar-refractivity contribution in [2.45, 2.75) is 13.5 Å². The Balaban J connectivity index is 0.000000321. The molecule has 1 aromatic heterocycles. The Hall–Kier alpha value is -3.00. The van der Waals surface area contributed by atoms with Crippen molar-refractivity contribution < 1.29 is 9.59 Å². The Morgan fingerprint density at radius 3 is 1.52 bits per heavy atom. The molecule has 0 saturated carbocycles. The molecular formula is C16H15N3O2. The van der Waals surface area contributed by atoms with E-state index in [1.165, 1.54) is 21.8 Å². The van der Waals surface area contributed by atoms with Crippen molar-refractivity contribution in [3.63, 3.8) is 0 Å². The summed E-state index contributed by atoms with van der Waals surface area (Å²) in [5, 5.41) is 13.5. The first kappa shape index (κ1) is 16.1. The quantitative estimate of drug-likeness (QED) is 0.527. The van der Waals surface area contributed by atoms with Crippen molar-refractivity contribution in [1.82, 2.24) is 4.57 Å². The molecule has 1 heterocycles. The van der Waals surface area contributed by atoms with Gasteiger partial charge in [0.25, 0.3) is 0 Å². The SMILES string of the molecule is CCn1c2ccccc2c2ccccc21.N=C=O.N=C=O. The Bertz CT molecular complexity index is 728. The lowest BCUT2D eigenvalue weighted by molar-refractivity contribution is 0.562. The number of benzene rings is 2. The van der Waals surface area contributed by atoms with Gasteiger partial charge < -0.3 is 4.57 Å². The molecule has 2 aromatic carbocycles. The molecule has 0 aliphatic carbocycles. The van der Waals surface area contributed by atoms with Gasteiger partial charge in [-0.15, -0.1) is 0 Å². The number of hydrogen-bond donors (Lipinski definition) is 2. The molecule has 0 amide bonds. The molecule has 0 aliphatic heterocycles. The normalized spacial score (nSPS) is 8.81. The Morgan fingerprint density at radius 2 is 1.19 bits per heavy atom. The molecule has 0 atom stereocenters. The van der Waals surface area contributed by atoms with Crippen LogP contribution in [-0.2, 0) is 16.1 Å². The number of hydrogen-bond acceptors (Lipinski definition) is 4. The fraction of sp³-hybridized carbons (Fsp3) is 0.125. The van der Waals surface area contributed by atoms with Gasteiger partial charge in [-0.2, -0.15) is 0 Å². The molecule has 0 saturated heterocycles. The number of nitrogens with one attached hydrogen (secondary N) is 2. The zero-order valence-electron chi connectivity index (χ0n) is 11.6. The molecule has 0 radical (unpaired) electrons. The number of aromatic nitrogens is 1. The van der Waals surface area contributed by atoms with Crippen LogP contribution in [0.15, 0.2) is 48.5 Å². The van der Waals surface area contributed by atoms with E-state index in [-0.39, 0.29) is 0 Å². The number of aryl methyl sites for hydroxylation is 1. The molecular weight excluding hydrogens is 266 g/mol. The third kappa shape index (κ3) is 3.51. The zero-order valence-corrected chi connectivity index (χ0v) is 11.6. The lowest BCUT2D eigenvalue weighted by Gasteiger charge is -2.01. The van der Waals surface area contributed by atoms with Crippen LogP contribution in [0.4, 0.5) is 0 Å². The van der Waals surface area contributed by atoms with Gasteiger partial charge in [0, 0.05) is 28.4 Å². The van der Waals surface area contributed by atoms with Crippen molar-refractivity contribution >= 4 is 34.0 Å². The molecule has 106 valence electrons. The van der Waals surface area contributed by atoms with E-state index in [0.717, 1.165) is 18.7 Å². The first-order valence-corrected chi connectivity index (χ1v) is 6.28. The summed E-state index contributed by atoms with van der Waals surface area (Å²) in [4.78, 5) is 16.7. The van der Waals surface area contributed by atoms with Gasteiger partial charge >= 0.3 is 0 Å². The van der Waals surface area contributed by atoms with Crippen LogP contribution >= 0.6 is 0 Å². The monoisotopic (exact) mass is 281 g/mol. The highest BCUT2D eigenvalue weighted by atomic mass is 16.1.